The topological polar surface area (TPSA) is 71.3 Å². The van der Waals surface area contributed by atoms with Crippen LogP contribution < -0.4 is 5.32 Å². The number of carbonyl (C=O) groups excluding carboxylic acids is 1. The van der Waals surface area contributed by atoms with Gasteiger partial charge in [0.1, 0.15) is 11.9 Å². The van der Waals surface area contributed by atoms with Crippen LogP contribution in [0.15, 0.2) is 28.7 Å². The predicted molar refractivity (Wildman–Crippen MR) is 85.6 cm³/mol. The number of hydrogen-bond donors (Lipinski definition) is 1. The van der Waals surface area contributed by atoms with E-state index < -0.39 is 6.04 Å². The molecule has 0 radical (unpaired) electrons. The van der Waals surface area contributed by atoms with Crippen molar-refractivity contribution < 1.29 is 13.6 Å². The number of nitrogens with zero attached hydrogens (tertiary/aromatic N) is 3. The van der Waals surface area contributed by atoms with E-state index in [1.807, 2.05) is 4.90 Å². The summed E-state index contributed by atoms with van der Waals surface area (Å²) in [5.74, 6) is 0.732. The Morgan fingerprint density at radius 3 is 2.67 bits per heavy atom. The maximum Gasteiger partial charge on any atom is 0.316 e. The number of rotatable bonds is 5. The van der Waals surface area contributed by atoms with Crippen molar-refractivity contribution in [1.82, 2.24) is 15.1 Å². The smallest absolute Gasteiger partial charge is 0.316 e. The van der Waals surface area contributed by atoms with Gasteiger partial charge in [-0.05, 0) is 56.4 Å². The minimum Gasteiger partial charge on any atom is -0.403 e. The van der Waals surface area contributed by atoms with Crippen molar-refractivity contribution in [3.05, 3.63) is 30.1 Å². The highest BCUT2D eigenvalue weighted by atomic mass is 19.1. The minimum absolute atomic E-state index is 0.0692. The van der Waals surface area contributed by atoms with Gasteiger partial charge in [0.15, 0.2) is 0 Å². The first kappa shape index (κ1) is 15.1. The molecule has 2 aromatic rings. The Morgan fingerprint density at radius 2 is 2.04 bits per heavy atom. The minimum atomic E-state index is -0.423. The molecule has 1 N–H and O–H groups in total. The maximum absolute atomic E-state index is 13.0. The molecule has 1 amide bonds. The average Bonchev–Trinajstić information content (AvgIpc) is 3.24. The molecule has 2 heterocycles. The first-order chi connectivity index (χ1) is 11.6. The number of anilines is 1. The van der Waals surface area contributed by atoms with Crippen molar-refractivity contribution >= 4 is 11.9 Å². The summed E-state index contributed by atoms with van der Waals surface area (Å²) >= 11 is 0. The number of aromatic nitrogens is 2. The van der Waals surface area contributed by atoms with Gasteiger partial charge in [0.2, 0.25) is 11.8 Å². The van der Waals surface area contributed by atoms with Gasteiger partial charge in [-0.3, -0.25) is 4.79 Å². The monoisotopic (exact) mass is 330 g/mol. The lowest BCUT2D eigenvalue weighted by Gasteiger charge is -2.42. The number of benzene rings is 1. The van der Waals surface area contributed by atoms with E-state index >= 15 is 0 Å². The summed E-state index contributed by atoms with van der Waals surface area (Å²) in [7, 11) is 0. The van der Waals surface area contributed by atoms with Crippen LogP contribution in [-0.4, -0.2) is 39.6 Å². The summed E-state index contributed by atoms with van der Waals surface area (Å²) in [6.45, 7) is 2.63. The van der Waals surface area contributed by atoms with E-state index in [0.29, 0.717) is 17.5 Å². The third-order valence-corrected chi connectivity index (χ3v) is 4.74. The van der Waals surface area contributed by atoms with Crippen molar-refractivity contribution in [2.75, 3.05) is 11.9 Å². The van der Waals surface area contributed by atoms with E-state index in [1.54, 1.807) is 19.1 Å². The normalized spacial score (nSPS) is 21.2. The third kappa shape index (κ3) is 2.86. The van der Waals surface area contributed by atoms with Crippen molar-refractivity contribution in [1.29, 1.82) is 0 Å². The number of amides is 1. The van der Waals surface area contributed by atoms with E-state index in [1.165, 1.54) is 25.0 Å². The molecule has 1 saturated heterocycles. The standard InChI is InChI=1S/C17H19FN4O2/c1-10(16(23)22-9-8-14(22)11-2-3-11)19-17-21-20-15(24-17)12-4-6-13(18)7-5-12/h4-7,10-11,14H,2-3,8-9H2,1H3,(H,19,21)/t10-,14?/m1/s1. The molecule has 1 unspecified atom stereocenters. The molecule has 1 aliphatic carbocycles. The molecule has 2 fully saturated rings. The second-order valence-electron chi connectivity index (χ2n) is 6.51. The number of halogens is 1. The zero-order valence-corrected chi connectivity index (χ0v) is 13.4. The van der Waals surface area contributed by atoms with E-state index in [-0.39, 0.29) is 23.6 Å². The van der Waals surface area contributed by atoms with Crippen molar-refractivity contribution in [2.24, 2.45) is 5.92 Å². The highest BCUT2D eigenvalue weighted by molar-refractivity contribution is 5.84. The zero-order chi connectivity index (χ0) is 16.7. The highest BCUT2D eigenvalue weighted by Crippen LogP contribution is 2.41. The molecule has 1 saturated carbocycles. The van der Waals surface area contributed by atoms with Crippen LogP contribution in [0.25, 0.3) is 11.5 Å². The summed E-state index contributed by atoms with van der Waals surface area (Å²) in [6, 6.07) is 6.00. The zero-order valence-electron chi connectivity index (χ0n) is 13.4. The van der Waals surface area contributed by atoms with Gasteiger partial charge >= 0.3 is 6.01 Å². The van der Waals surface area contributed by atoms with E-state index in [4.69, 9.17) is 4.42 Å². The Kier molecular flexibility index (Phi) is 3.70. The Labute approximate surface area is 139 Å². The Balaban J connectivity index is 1.40. The lowest BCUT2D eigenvalue weighted by molar-refractivity contribution is -0.140. The van der Waals surface area contributed by atoms with Crippen molar-refractivity contribution in [3.8, 4) is 11.5 Å². The molecule has 1 aromatic carbocycles. The number of likely N-dealkylation sites (tertiary alicyclic amines) is 1. The number of hydrogen-bond acceptors (Lipinski definition) is 5. The van der Waals surface area contributed by atoms with Gasteiger partial charge < -0.3 is 14.6 Å². The average molecular weight is 330 g/mol. The lowest BCUT2D eigenvalue weighted by Crippen LogP contribution is -2.56. The summed E-state index contributed by atoms with van der Waals surface area (Å²) in [4.78, 5) is 14.5. The van der Waals surface area contributed by atoms with Crippen LogP contribution in [0.1, 0.15) is 26.2 Å². The summed E-state index contributed by atoms with van der Waals surface area (Å²) < 4.78 is 18.5. The largest absolute Gasteiger partial charge is 0.403 e. The van der Waals surface area contributed by atoms with E-state index in [9.17, 15) is 9.18 Å². The molecule has 2 atom stereocenters. The van der Waals surface area contributed by atoms with E-state index in [0.717, 1.165) is 13.0 Å². The molecule has 6 nitrogen and oxygen atoms in total. The van der Waals surface area contributed by atoms with Crippen molar-refractivity contribution in [2.45, 2.75) is 38.3 Å². The Hall–Kier alpha value is -2.44. The second kappa shape index (κ2) is 5.89. The Bertz CT molecular complexity index is 741. The van der Waals surface area contributed by atoms with Gasteiger partial charge in [-0.15, -0.1) is 5.10 Å². The van der Waals surface area contributed by atoms with Gasteiger partial charge in [-0.2, -0.15) is 0 Å². The van der Waals surface area contributed by atoms with Crippen LogP contribution in [0.4, 0.5) is 10.4 Å². The summed E-state index contributed by atoms with van der Waals surface area (Å²) in [5, 5.41) is 10.8. The number of carbonyl (C=O) groups is 1. The molecule has 1 aromatic heterocycles. The van der Waals surface area contributed by atoms with Gasteiger partial charge in [0, 0.05) is 18.2 Å². The molecule has 0 spiro atoms. The molecule has 126 valence electrons. The van der Waals surface area contributed by atoms with Gasteiger partial charge in [0.05, 0.1) is 0 Å². The molecule has 0 bridgehead atoms. The quantitative estimate of drug-likeness (QED) is 0.912. The molecule has 24 heavy (non-hydrogen) atoms. The first-order valence-electron chi connectivity index (χ1n) is 8.28. The first-order valence-corrected chi connectivity index (χ1v) is 8.28. The van der Waals surface area contributed by atoms with Crippen LogP contribution in [0, 0.1) is 11.7 Å². The fourth-order valence-corrected chi connectivity index (χ4v) is 3.14. The molecule has 1 aliphatic heterocycles. The van der Waals surface area contributed by atoms with Crippen LogP contribution in [0.2, 0.25) is 0 Å². The fourth-order valence-electron chi connectivity index (χ4n) is 3.14. The van der Waals surface area contributed by atoms with Crippen molar-refractivity contribution in [3.63, 3.8) is 0 Å². The fraction of sp³-hybridized carbons (Fsp3) is 0.471. The second-order valence-corrected chi connectivity index (χ2v) is 6.51. The molecular formula is C17H19FN4O2. The van der Waals surface area contributed by atoms with Crippen LogP contribution >= 0.6 is 0 Å². The van der Waals surface area contributed by atoms with E-state index in [2.05, 4.69) is 15.5 Å². The predicted octanol–water partition coefficient (Wildman–Crippen LogP) is 2.69. The molecule has 2 aliphatic rings. The van der Waals surface area contributed by atoms with Crippen LogP contribution in [0.3, 0.4) is 0 Å². The lowest BCUT2D eigenvalue weighted by atomic mass is 9.97. The van der Waals surface area contributed by atoms with Crippen LogP contribution in [-0.2, 0) is 4.79 Å². The summed E-state index contributed by atoms with van der Waals surface area (Å²) in [5.41, 5.74) is 0.632. The van der Waals surface area contributed by atoms with Gasteiger partial charge in [-0.25, -0.2) is 4.39 Å². The molecule has 7 heteroatoms. The van der Waals surface area contributed by atoms with Gasteiger partial charge in [0.25, 0.3) is 0 Å². The summed E-state index contributed by atoms with van der Waals surface area (Å²) in [6.07, 6.45) is 3.58. The SMILES string of the molecule is C[C@@H](Nc1nnc(-c2ccc(F)cc2)o1)C(=O)N1CCC1C1CC1. The Morgan fingerprint density at radius 1 is 1.29 bits per heavy atom. The van der Waals surface area contributed by atoms with Gasteiger partial charge in [-0.1, -0.05) is 5.10 Å². The third-order valence-electron chi connectivity index (χ3n) is 4.74. The highest BCUT2D eigenvalue weighted by Gasteiger charge is 2.43. The number of nitrogens with one attached hydrogen (secondary N) is 1. The molecule has 4 rings (SSSR count). The maximum atomic E-state index is 13.0. The molecular weight excluding hydrogens is 311 g/mol. The van der Waals surface area contributed by atoms with Crippen LogP contribution in [0.5, 0.6) is 0 Å².